The predicted octanol–water partition coefficient (Wildman–Crippen LogP) is 4.00. The van der Waals surface area contributed by atoms with Gasteiger partial charge in [0.1, 0.15) is 12.2 Å². The maximum Gasteiger partial charge on any atom is 0.410 e. The van der Waals surface area contributed by atoms with Crippen molar-refractivity contribution < 1.29 is 14.4 Å². The van der Waals surface area contributed by atoms with Gasteiger partial charge in [-0.15, -0.1) is 6.58 Å². The highest BCUT2D eigenvalue weighted by Crippen LogP contribution is 2.10. The van der Waals surface area contributed by atoms with E-state index in [1.165, 1.54) is 4.90 Å². The summed E-state index contributed by atoms with van der Waals surface area (Å²) in [7, 11) is 0. The number of amides is 1. The van der Waals surface area contributed by atoms with Gasteiger partial charge in [0.2, 0.25) is 0 Å². The third-order valence-corrected chi connectivity index (χ3v) is 2.72. The van der Waals surface area contributed by atoms with Gasteiger partial charge in [0, 0.05) is 6.54 Å². The van der Waals surface area contributed by atoms with Crippen molar-refractivity contribution in [2.24, 2.45) is 5.16 Å². The molecular weight excluding hydrogens is 292 g/mol. The number of oxime groups is 1. The average Bonchev–Trinajstić information content (AvgIpc) is 2.46. The maximum atomic E-state index is 12.1. The molecule has 0 heterocycles. The van der Waals surface area contributed by atoms with Gasteiger partial charge >= 0.3 is 6.09 Å². The molecule has 0 spiro atoms. The Morgan fingerprint density at radius 2 is 1.96 bits per heavy atom. The van der Waals surface area contributed by atoms with Crippen LogP contribution in [0.3, 0.4) is 0 Å². The van der Waals surface area contributed by atoms with Crippen molar-refractivity contribution in [3.63, 3.8) is 0 Å². The number of nitrogens with zero attached hydrogens (tertiary/aromatic N) is 2. The van der Waals surface area contributed by atoms with Crippen molar-refractivity contribution in [1.29, 1.82) is 0 Å². The molecule has 0 saturated heterocycles. The lowest BCUT2D eigenvalue weighted by atomic mass is 10.2. The zero-order valence-corrected chi connectivity index (χ0v) is 14.4. The first kappa shape index (κ1) is 18.7. The number of hydrogen-bond donors (Lipinski definition) is 0. The molecule has 0 aromatic heterocycles. The molecule has 1 aromatic carbocycles. The Hall–Kier alpha value is -2.30. The fourth-order valence-electron chi connectivity index (χ4n) is 1.78. The summed E-state index contributed by atoms with van der Waals surface area (Å²) in [5.74, 6) is 0. The third-order valence-electron chi connectivity index (χ3n) is 2.72. The summed E-state index contributed by atoms with van der Waals surface area (Å²) in [5, 5.41) is 4.05. The molecule has 5 nitrogen and oxygen atoms in total. The van der Waals surface area contributed by atoms with E-state index in [-0.39, 0.29) is 0 Å². The minimum absolute atomic E-state index is 0.329. The highest BCUT2D eigenvalue weighted by molar-refractivity contribution is 5.86. The first-order valence-corrected chi connectivity index (χ1v) is 7.60. The van der Waals surface area contributed by atoms with Gasteiger partial charge < -0.3 is 9.57 Å². The Morgan fingerprint density at radius 3 is 2.52 bits per heavy atom. The van der Waals surface area contributed by atoms with Crippen LogP contribution in [0.4, 0.5) is 4.79 Å². The summed E-state index contributed by atoms with van der Waals surface area (Å²) < 4.78 is 5.37. The second-order valence-corrected chi connectivity index (χ2v) is 6.24. The van der Waals surface area contributed by atoms with E-state index >= 15 is 0 Å². The van der Waals surface area contributed by atoms with Crippen molar-refractivity contribution in [2.75, 3.05) is 13.1 Å². The van der Waals surface area contributed by atoms with E-state index in [2.05, 4.69) is 11.7 Å². The summed E-state index contributed by atoms with van der Waals surface area (Å²) in [6.45, 7) is 12.1. The maximum absolute atomic E-state index is 12.1. The molecule has 0 atom stereocenters. The average molecular weight is 318 g/mol. The molecule has 0 N–H and O–H groups in total. The highest BCUT2D eigenvalue weighted by Gasteiger charge is 2.21. The van der Waals surface area contributed by atoms with Gasteiger partial charge in [-0.25, -0.2) is 4.79 Å². The van der Waals surface area contributed by atoms with Crippen molar-refractivity contribution in [2.45, 2.75) is 39.9 Å². The summed E-state index contributed by atoms with van der Waals surface area (Å²) in [4.78, 5) is 19.0. The Labute approximate surface area is 138 Å². The molecule has 0 unspecified atom stereocenters. The molecule has 0 saturated carbocycles. The molecule has 23 heavy (non-hydrogen) atoms. The molecule has 1 aromatic rings. The van der Waals surface area contributed by atoms with Gasteiger partial charge in [0.25, 0.3) is 0 Å². The van der Waals surface area contributed by atoms with Gasteiger partial charge in [-0.2, -0.15) is 0 Å². The highest BCUT2D eigenvalue weighted by atomic mass is 16.6. The van der Waals surface area contributed by atoms with Crippen LogP contribution in [-0.2, 0) is 16.2 Å². The van der Waals surface area contributed by atoms with E-state index in [9.17, 15) is 4.79 Å². The van der Waals surface area contributed by atoms with Gasteiger partial charge in [0.05, 0.1) is 12.3 Å². The van der Waals surface area contributed by atoms with E-state index < -0.39 is 11.7 Å². The fourth-order valence-corrected chi connectivity index (χ4v) is 1.78. The fraction of sp³-hybridized carbons (Fsp3) is 0.444. The van der Waals surface area contributed by atoms with Gasteiger partial charge in [-0.1, -0.05) is 41.6 Å². The number of hydrogen-bond acceptors (Lipinski definition) is 4. The number of carbonyl (C=O) groups is 1. The Bertz CT molecular complexity index is 533. The van der Waals surface area contributed by atoms with E-state index in [1.54, 1.807) is 6.08 Å². The standard InChI is InChI=1S/C18H26N2O3/c1-6-12-20(17(21)23-18(3,4)5)13-15(2)19-22-14-16-10-8-7-9-11-16/h6-11H,1,12-14H2,2-5H3/b19-15-. The van der Waals surface area contributed by atoms with Crippen LogP contribution in [0.5, 0.6) is 0 Å². The minimum Gasteiger partial charge on any atom is -0.444 e. The van der Waals surface area contributed by atoms with Crippen LogP contribution >= 0.6 is 0 Å². The van der Waals surface area contributed by atoms with E-state index in [1.807, 2.05) is 58.0 Å². The summed E-state index contributed by atoms with van der Waals surface area (Å²) >= 11 is 0. The molecular formula is C18H26N2O3. The monoisotopic (exact) mass is 318 g/mol. The number of ether oxygens (including phenoxy) is 1. The molecule has 0 radical (unpaired) electrons. The van der Waals surface area contributed by atoms with Crippen LogP contribution in [0.25, 0.3) is 0 Å². The third kappa shape index (κ3) is 8.04. The zero-order chi connectivity index (χ0) is 17.3. The largest absolute Gasteiger partial charge is 0.444 e. The molecule has 0 aliphatic carbocycles. The molecule has 1 rings (SSSR count). The second-order valence-electron chi connectivity index (χ2n) is 6.24. The lowest BCUT2D eigenvalue weighted by molar-refractivity contribution is 0.0296. The van der Waals surface area contributed by atoms with E-state index in [0.29, 0.717) is 25.4 Å². The van der Waals surface area contributed by atoms with Crippen LogP contribution < -0.4 is 0 Å². The summed E-state index contributed by atoms with van der Waals surface area (Å²) in [5.41, 5.74) is 1.19. The lowest BCUT2D eigenvalue weighted by Gasteiger charge is -2.26. The predicted molar refractivity (Wildman–Crippen MR) is 92.3 cm³/mol. The lowest BCUT2D eigenvalue weighted by Crippen LogP contribution is -2.39. The number of rotatable bonds is 7. The van der Waals surface area contributed by atoms with Gasteiger partial charge in [0.15, 0.2) is 0 Å². The normalized spacial score (nSPS) is 11.7. The van der Waals surface area contributed by atoms with Crippen LogP contribution in [0.15, 0.2) is 48.1 Å². The van der Waals surface area contributed by atoms with E-state index in [4.69, 9.17) is 9.57 Å². The van der Waals surface area contributed by atoms with Crippen molar-refractivity contribution in [3.05, 3.63) is 48.6 Å². The second kappa shape index (κ2) is 8.98. The molecule has 126 valence electrons. The Morgan fingerprint density at radius 1 is 1.30 bits per heavy atom. The minimum atomic E-state index is -0.536. The van der Waals surface area contributed by atoms with Crippen molar-refractivity contribution in [1.82, 2.24) is 4.90 Å². The number of benzene rings is 1. The van der Waals surface area contributed by atoms with Gasteiger partial charge in [-0.05, 0) is 33.3 Å². The smallest absolute Gasteiger partial charge is 0.410 e. The van der Waals surface area contributed by atoms with Crippen LogP contribution in [0.1, 0.15) is 33.3 Å². The molecule has 0 aliphatic rings. The first-order chi connectivity index (χ1) is 10.8. The van der Waals surface area contributed by atoms with Crippen LogP contribution in [-0.4, -0.2) is 35.4 Å². The quantitative estimate of drug-likeness (QED) is 0.434. The summed E-state index contributed by atoms with van der Waals surface area (Å²) in [6, 6.07) is 9.78. The SMILES string of the molecule is C=CCN(C/C(C)=N\OCc1ccccc1)C(=O)OC(C)(C)C. The van der Waals surface area contributed by atoms with Crippen LogP contribution in [0, 0.1) is 0 Å². The molecule has 0 bridgehead atoms. The Balaban J connectivity index is 2.55. The van der Waals surface area contributed by atoms with Crippen molar-refractivity contribution >= 4 is 11.8 Å². The molecule has 1 amide bonds. The van der Waals surface area contributed by atoms with E-state index in [0.717, 1.165) is 5.56 Å². The zero-order valence-electron chi connectivity index (χ0n) is 14.4. The van der Waals surface area contributed by atoms with Crippen LogP contribution in [0.2, 0.25) is 0 Å². The topological polar surface area (TPSA) is 51.1 Å². The van der Waals surface area contributed by atoms with Crippen molar-refractivity contribution in [3.8, 4) is 0 Å². The number of carbonyl (C=O) groups excluding carboxylic acids is 1. The molecule has 0 aliphatic heterocycles. The summed E-state index contributed by atoms with van der Waals surface area (Å²) in [6.07, 6.45) is 1.26. The Kier molecular flexibility index (Phi) is 7.32. The van der Waals surface area contributed by atoms with Gasteiger partial charge in [-0.3, -0.25) is 4.90 Å². The molecule has 0 fully saturated rings. The molecule has 5 heteroatoms. The first-order valence-electron chi connectivity index (χ1n) is 7.60.